The first-order valence-corrected chi connectivity index (χ1v) is 17.6. The van der Waals surface area contributed by atoms with Crippen molar-refractivity contribution in [1.29, 1.82) is 0 Å². The third kappa shape index (κ3) is 10.1. The van der Waals surface area contributed by atoms with Crippen molar-refractivity contribution < 1.29 is 4.79 Å². The molecule has 41 heavy (non-hydrogen) atoms. The first-order valence-electron chi connectivity index (χ1n) is 14.6. The third-order valence-electron chi connectivity index (χ3n) is 6.75. The molecule has 2 aliphatic heterocycles. The fourth-order valence-corrected chi connectivity index (χ4v) is 7.09. The van der Waals surface area contributed by atoms with Crippen LogP contribution < -0.4 is 5.32 Å². The maximum Gasteiger partial charge on any atom is 0.287 e. The van der Waals surface area contributed by atoms with E-state index >= 15 is 0 Å². The van der Waals surface area contributed by atoms with Crippen molar-refractivity contribution in [1.82, 2.24) is 4.90 Å². The highest BCUT2D eigenvalue weighted by Crippen LogP contribution is 2.36. The van der Waals surface area contributed by atoms with Gasteiger partial charge in [-0.15, -0.1) is 0 Å². The Balaban J connectivity index is 0.000000232. The van der Waals surface area contributed by atoms with Crippen LogP contribution >= 0.6 is 35.3 Å². The summed E-state index contributed by atoms with van der Waals surface area (Å²) >= 11 is 4.87. The number of nitrogens with one attached hydrogen (secondary N) is 1. The Morgan fingerprint density at radius 2 is 1.56 bits per heavy atom. The van der Waals surface area contributed by atoms with Crippen LogP contribution in [0.5, 0.6) is 0 Å². The number of carbonyl (C=O) groups is 1. The van der Waals surface area contributed by atoms with Gasteiger partial charge >= 0.3 is 0 Å². The lowest BCUT2D eigenvalue weighted by molar-refractivity contribution is 0.229. The Bertz CT molecular complexity index is 1240. The van der Waals surface area contributed by atoms with Gasteiger partial charge in [0.15, 0.2) is 10.3 Å². The molecule has 0 atom stereocenters. The van der Waals surface area contributed by atoms with E-state index in [1.165, 1.54) is 28.6 Å². The van der Waals surface area contributed by atoms with E-state index in [2.05, 4.69) is 96.0 Å². The quantitative estimate of drug-likeness (QED) is 0.364. The van der Waals surface area contributed by atoms with E-state index in [-0.39, 0.29) is 10.7 Å². The van der Waals surface area contributed by atoms with E-state index < -0.39 is 0 Å². The molecule has 5 nitrogen and oxygen atoms in total. The number of nitrogens with zero attached hydrogens (tertiary/aromatic N) is 3. The number of anilines is 1. The first kappa shape index (κ1) is 33.6. The van der Waals surface area contributed by atoms with Gasteiger partial charge in [-0.1, -0.05) is 134 Å². The molecule has 2 aliphatic rings. The van der Waals surface area contributed by atoms with Crippen molar-refractivity contribution in [2.24, 2.45) is 20.8 Å². The second-order valence-corrected chi connectivity index (χ2v) is 15.9. The average molecular weight is 613 g/mol. The van der Waals surface area contributed by atoms with Crippen molar-refractivity contribution >= 4 is 62.2 Å². The summed E-state index contributed by atoms with van der Waals surface area (Å²) in [6, 6.07) is 16.7. The molecule has 0 spiro atoms. The van der Waals surface area contributed by atoms with Crippen molar-refractivity contribution in [2.45, 2.75) is 74.1 Å². The fourth-order valence-electron chi connectivity index (χ4n) is 4.44. The highest BCUT2D eigenvalue weighted by Gasteiger charge is 2.34. The molecule has 1 N–H and O–H groups in total. The number of para-hydroxylation sites is 2. The van der Waals surface area contributed by atoms with E-state index in [0.29, 0.717) is 17.3 Å². The number of amides is 1. The molecule has 8 heteroatoms. The lowest BCUT2D eigenvalue weighted by atomic mass is 9.96. The van der Waals surface area contributed by atoms with Gasteiger partial charge in [-0.3, -0.25) is 14.7 Å². The van der Waals surface area contributed by atoms with E-state index in [0.717, 1.165) is 46.4 Å². The summed E-state index contributed by atoms with van der Waals surface area (Å²) in [7, 11) is 0. The summed E-state index contributed by atoms with van der Waals surface area (Å²) in [5, 5.41) is 5.48. The molecule has 0 saturated carbocycles. The van der Waals surface area contributed by atoms with E-state index in [4.69, 9.17) is 4.99 Å². The van der Waals surface area contributed by atoms with Gasteiger partial charge in [0.2, 0.25) is 0 Å². The highest BCUT2D eigenvalue weighted by atomic mass is 32.2. The molecule has 0 aliphatic carbocycles. The van der Waals surface area contributed by atoms with Crippen molar-refractivity contribution in [3.05, 3.63) is 59.7 Å². The van der Waals surface area contributed by atoms with Crippen molar-refractivity contribution in [3.63, 3.8) is 0 Å². The lowest BCUT2D eigenvalue weighted by Crippen LogP contribution is -2.45. The summed E-state index contributed by atoms with van der Waals surface area (Å²) in [6.07, 6.45) is 0. The molecule has 1 fully saturated rings. The van der Waals surface area contributed by atoms with Crippen molar-refractivity contribution in [2.75, 3.05) is 35.7 Å². The van der Waals surface area contributed by atoms with Crippen molar-refractivity contribution in [3.8, 4) is 0 Å². The number of benzene rings is 2. The van der Waals surface area contributed by atoms with Crippen LogP contribution in [-0.2, 0) is 0 Å². The normalized spacial score (nSPS) is 19.0. The number of carbonyl (C=O) groups excluding carboxylic acids is 1. The molecule has 224 valence electrons. The molecule has 0 radical (unpaired) electrons. The molecular weight excluding hydrogens is 565 g/mol. The minimum atomic E-state index is 0.105. The van der Waals surface area contributed by atoms with Gasteiger partial charge in [0.1, 0.15) is 0 Å². The topological polar surface area (TPSA) is 57.1 Å². The Morgan fingerprint density at radius 1 is 0.951 bits per heavy atom. The number of aliphatic imine (C=N–C) groups is 2. The monoisotopic (exact) mass is 612 g/mol. The Morgan fingerprint density at radius 3 is 2.17 bits per heavy atom. The zero-order valence-corrected chi connectivity index (χ0v) is 28.7. The minimum Gasteiger partial charge on any atom is -0.335 e. The number of amidine groups is 2. The maximum absolute atomic E-state index is 12.5. The second-order valence-electron chi connectivity index (χ2n) is 12.8. The molecule has 1 amide bonds. The smallest absolute Gasteiger partial charge is 0.287 e. The van der Waals surface area contributed by atoms with Gasteiger partial charge in [-0.25, -0.2) is 4.99 Å². The summed E-state index contributed by atoms with van der Waals surface area (Å²) in [5.41, 5.74) is 5.19. The van der Waals surface area contributed by atoms with Crippen LogP contribution in [0.25, 0.3) is 0 Å². The summed E-state index contributed by atoms with van der Waals surface area (Å²) in [5.74, 6) is 3.84. The number of rotatable bonds is 5. The van der Waals surface area contributed by atoms with Crippen LogP contribution in [0.15, 0.2) is 58.5 Å². The molecule has 4 rings (SSSR count). The fraction of sp³-hybridized carbons (Fsp3) is 0.545. The standard InChI is InChI=1S/C18H26N2OS2.C15H22N2S/c1-6-22-17(21)20-11-18(4,5)12-23-16(20)19-15-10-8-7-9-14(15)13(2)3;1-11(2)12-7-5-6-8-13(12)17-14-16-9-15(3,4)10-18-14/h7-10,13H,6,11-12H2,1-5H3;5-8,11H,9-10H2,1-4H3,(H,16,17). The van der Waals surface area contributed by atoms with Gasteiger partial charge in [-0.2, -0.15) is 0 Å². The SMILES string of the molecule is CC(C)c1ccccc1NC1=NCC(C)(C)CS1.CCSC(=O)N1CC(C)(C)CSC1=Nc1ccccc1C(C)C. The van der Waals surface area contributed by atoms with Crippen LogP contribution in [0.4, 0.5) is 16.2 Å². The van der Waals surface area contributed by atoms with Crippen LogP contribution in [-0.4, -0.2) is 50.8 Å². The maximum atomic E-state index is 12.5. The zero-order chi connectivity index (χ0) is 30.2. The highest BCUT2D eigenvalue weighted by molar-refractivity contribution is 8.15. The Labute approximate surface area is 261 Å². The van der Waals surface area contributed by atoms with Gasteiger partial charge in [0, 0.05) is 30.3 Å². The first-order chi connectivity index (χ1) is 19.3. The second kappa shape index (κ2) is 15.0. The van der Waals surface area contributed by atoms with Crippen LogP contribution in [0.3, 0.4) is 0 Å². The molecule has 2 heterocycles. The molecule has 2 aromatic carbocycles. The van der Waals surface area contributed by atoms with Crippen LogP contribution in [0, 0.1) is 10.8 Å². The molecule has 0 bridgehead atoms. The number of thioether (sulfide) groups is 3. The third-order valence-corrected chi connectivity index (χ3v) is 10.4. The van der Waals surface area contributed by atoms with Gasteiger partial charge in [-0.05, 0) is 51.7 Å². The Kier molecular flexibility index (Phi) is 12.3. The lowest BCUT2D eigenvalue weighted by Gasteiger charge is -2.37. The summed E-state index contributed by atoms with van der Waals surface area (Å²) < 4.78 is 0. The summed E-state index contributed by atoms with van der Waals surface area (Å²) in [4.78, 5) is 23.9. The van der Waals surface area contributed by atoms with Gasteiger partial charge in [0.25, 0.3) is 5.24 Å². The van der Waals surface area contributed by atoms with E-state index in [9.17, 15) is 4.79 Å². The predicted octanol–water partition coefficient (Wildman–Crippen LogP) is 10.1. The zero-order valence-electron chi connectivity index (χ0n) is 26.3. The van der Waals surface area contributed by atoms with Crippen LogP contribution in [0.1, 0.15) is 85.3 Å². The largest absolute Gasteiger partial charge is 0.335 e. The van der Waals surface area contributed by atoms with Gasteiger partial charge in [0.05, 0.1) is 5.69 Å². The minimum absolute atomic E-state index is 0.105. The molecule has 0 aromatic heterocycles. The number of hydrogen-bond acceptors (Lipinski definition) is 7. The molecular formula is C33H48N4OS3. The number of hydrogen-bond donors (Lipinski definition) is 1. The summed E-state index contributed by atoms with van der Waals surface area (Å²) in [6.45, 7) is 21.4. The van der Waals surface area contributed by atoms with Crippen LogP contribution in [0.2, 0.25) is 0 Å². The van der Waals surface area contributed by atoms with Gasteiger partial charge < -0.3 is 5.32 Å². The van der Waals surface area contributed by atoms with E-state index in [1.807, 2.05) is 41.8 Å². The molecule has 1 saturated heterocycles. The Hall–Kier alpha value is -1.90. The predicted molar refractivity (Wildman–Crippen MR) is 187 cm³/mol. The molecule has 0 unspecified atom stereocenters. The van der Waals surface area contributed by atoms with E-state index in [1.54, 1.807) is 11.8 Å². The average Bonchev–Trinajstić information content (AvgIpc) is 2.91. The molecule has 2 aromatic rings.